The molecule has 0 atom stereocenters. The molecule has 3 rings (SSSR count). The molecule has 0 unspecified atom stereocenters. The van der Waals surface area contributed by atoms with Gasteiger partial charge in [-0.15, -0.1) is 0 Å². The van der Waals surface area contributed by atoms with Crippen molar-refractivity contribution >= 4 is 12.0 Å². The number of amides is 2. The lowest BCUT2D eigenvalue weighted by Gasteiger charge is -2.54. The Morgan fingerprint density at radius 2 is 1.91 bits per heavy atom. The summed E-state index contributed by atoms with van der Waals surface area (Å²) < 4.78 is 10.3. The second-order valence-corrected chi connectivity index (χ2v) is 7.46. The van der Waals surface area contributed by atoms with Gasteiger partial charge in [-0.25, -0.2) is 4.79 Å². The second kappa shape index (κ2) is 6.44. The summed E-state index contributed by atoms with van der Waals surface area (Å²) in [7, 11) is 1.53. The number of carbonyl (C=O) groups is 2. The normalized spacial score (nSPS) is 27.6. The lowest BCUT2D eigenvalue weighted by Crippen LogP contribution is -2.65. The summed E-state index contributed by atoms with van der Waals surface area (Å²) in [5.74, 6) is 0.599. The van der Waals surface area contributed by atoms with Gasteiger partial charge in [0, 0.05) is 20.2 Å². The Balaban J connectivity index is 2.01. The Bertz CT molecular complexity index is 422. The van der Waals surface area contributed by atoms with Gasteiger partial charge < -0.3 is 19.7 Å². The molecule has 1 N–H and O–H groups in total. The molecule has 1 aliphatic carbocycles. The number of nitrogens with one attached hydrogen (secondary N) is 1. The molecule has 6 heteroatoms. The molecular weight excluding hydrogens is 284 g/mol. The van der Waals surface area contributed by atoms with Crippen LogP contribution in [0.3, 0.4) is 0 Å². The highest BCUT2D eigenvalue weighted by Gasteiger charge is 2.48. The predicted octanol–water partition coefficient (Wildman–Crippen LogP) is 1.93. The molecule has 2 saturated heterocycles. The average Bonchev–Trinajstić information content (AvgIpc) is 2.45. The van der Waals surface area contributed by atoms with Crippen molar-refractivity contribution < 1.29 is 19.1 Å². The van der Waals surface area contributed by atoms with Gasteiger partial charge in [-0.1, -0.05) is 0 Å². The first-order valence-electron chi connectivity index (χ1n) is 8.02. The maximum Gasteiger partial charge on any atom is 0.407 e. The Labute approximate surface area is 132 Å². The fourth-order valence-electron chi connectivity index (χ4n) is 3.51. The first-order chi connectivity index (χ1) is 10.3. The molecular formula is C16H28N2O4. The molecule has 3 aliphatic rings. The van der Waals surface area contributed by atoms with Gasteiger partial charge >= 0.3 is 6.09 Å². The molecule has 0 spiro atoms. The largest absolute Gasteiger partial charge is 0.444 e. The minimum atomic E-state index is -0.516. The highest BCUT2D eigenvalue weighted by atomic mass is 16.6. The van der Waals surface area contributed by atoms with Crippen LogP contribution in [0.25, 0.3) is 0 Å². The molecule has 0 radical (unpaired) electrons. The van der Waals surface area contributed by atoms with Gasteiger partial charge in [0.1, 0.15) is 12.2 Å². The Morgan fingerprint density at radius 1 is 1.27 bits per heavy atom. The predicted molar refractivity (Wildman–Crippen MR) is 82.5 cm³/mol. The number of rotatable bonds is 4. The average molecular weight is 312 g/mol. The van der Waals surface area contributed by atoms with E-state index in [1.54, 1.807) is 0 Å². The summed E-state index contributed by atoms with van der Waals surface area (Å²) in [6, 6.07) is 0. The van der Waals surface area contributed by atoms with E-state index in [0.29, 0.717) is 12.5 Å². The molecule has 3 fully saturated rings. The molecule has 2 bridgehead atoms. The standard InChI is InChI=1S/C16H28N2O4/c1-15(2,3)22-14(20)17-11-16-7-5-12(6-8-16)9-18(16)13(19)10-21-4/h12H,5-11H2,1-4H3,(H,17,20). The minimum absolute atomic E-state index is 0.0119. The Morgan fingerprint density at radius 3 is 2.45 bits per heavy atom. The summed E-state index contributed by atoms with van der Waals surface area (Å²) in [4.78, 5) is 26.2. The van der Waals surface area contributed by atoms with Gasteiger partial charge in [-0.2, -0.15) is 0 Å². The number of hydrogen-bond donors (Lipinski definition) is 1. The zero-order valence-electron chi connectivity index (χ0n) is 14.1. The Hall–Kier alpha value is -1.30. The zero-order valence-corrected chi connectivity index (χ0v) is 14.1. The maximum absolute atomic E-state index is 12.3. The molecule has 2 heterocycles. The number of ether oxygens (including phenoxy) is 2. The van der Waals surface area contributed by atoms with Gasteiger partial charge in [0.05, 0.1) is 5.54 Å². The third kappa shape index (κ3) is 3.91. The van der Waals surface area contributed by atoms with E-state index in [0.717, 1.165) is 32.2 Å². The van der Waals surface area contributed by atoms with Crippen LogP contribution in [0.15, 0.2) is 0 Å². The van der Waals surface area contributed by atoms with Crippen molar-refractivity contribution in [2.45, 2.75) is 57.6 Å². The van der Waals surface area contributed by atoms with Crippen LogP contribution < -0.4 is 5.32 Å². The third-order valence-corrected chi connectivity index (χ3v) is 4.58. The zero-order chi connectivity index (χ0) is 16.4. The number of carbonyl (C=O) groups excluding carboxylic acids is 2. The molecule has 0 aromatic rings. The van der Waals surface area contributed by atoms with Crippen LogP contribution in [0.4, 0.5) is 4.79 Å². The van der Waals surface area contributed by atoms with E-state index in [1.807, 2.05) is 25.7 Å². The van der Waals surface area contributed by atoms with Crippen LogP contribution in [0.1, 0.15) is 46.5 Å². The minimum Gasteiger partial charge on any atom is -0.444 e. The molecule has 2 amide bonds. The molecule has 22 heavy (non-hydrogen) atoms. The fraction of sp³-hybridized carbons (Fsp3) is 0.875. The number of piperidine rings is 2. The molecule has 6 nitrogen and oxygen atoms in total. The van der Waals surface area contributed by atoms with Gasteiger partial charge in [0.25, 0.3) is 0 Å². The highest BCUT2D eigenvalue weighted by molar-refractivity contribution is 5.79. The molecule has 1 saturated carbocycles. The molecule has 0 aromatic heterocycles. The fourth-order valence-corrected chi connectivity index (χ4v) is 3.51. The molecule has 126 valence electrons. The third-order valence-electron chi connectivity index (χ3n) is 4.58. The topological polar surface area (TPSA) is 67.9 Å². The lowest BCUT2D eigenvalue weighted by atomic mass is 9.70. The van der Waals surface area contributed by atoms with E-state index in [2.05, 4.69) is 5.32 Å². The van der Waals surface area contributed by atoms with E-state index in [-0.39, 0.29) is 18.1 Å². The van der Waals surface area contributed by atoms with Gasteiger partial charge in [0.2, 0.25) is 5.91 Å². The number of hydrogen-bond acceptors (Lipinski definition) is 4. The first kappa shape index (κ1) is 17.1. The van der Waals surface area contributed by atoms with Crippen LogP contribution in [0.2, 0.25) is 0 Å². The summed E-state index contributed by atoms with van der Waals surface area (Å²) in [6.45, 7) is 6.84. The van der Waals surface area contributed by atoms with E-state index < -0.39 is 11.7 Å². The van der Waals surface area contributed by atoms with Crippen molar-refractivity contribution in [2.24, 2.45) is 5.92 Å². The van der Waals surface area contributed by atoms with Crippen LogP contribution in [0, 0.1) is 5.92 Å². The highest BCUT2D eigenvalue weighted by Crippen LogP contribution is 2.42. The Kier molecular flexibility index (Phi) is 5.00. The van der Waals surface area contributed by atoms with Gasteiger partial charge in [0.15, 0.2) is 0 Å². The van der Waals surface area contributed by atoms with Crippen LogP contribution >= 0.6 is 0 Å². The van der Waals surface area contributed by atoms with E-state index in [9.17, 15) is 9.59 Å². The van der Waals surface area contributed by atoms with E-state index >= 15 is 0 Å². The van der Waals surface area contributed by atoms with Crippen molar-refractivity contribution in [3.8, 4) is 0 Å². The summed E-state index contributed by atoms with van der Waals surface area (Å²) in [5.41, 5.74) is -0.793. The SMILES string of the molecule is COCC(=O)N1CC2CCC1(CNC(=O)OC(C)(C)C)CC2. The smallest absolute Gasteiger partial charge is 0.407 e. The van der Waals surface area contributed by atoms with E-state index in [4.69, 9.17) is 9.47 Å². The maximum atomic E-state index is 12.3. The number of alkyl carbamates (subject to hydrolysis) is 1. The summed E-state index contributed by atoms with van der Waals surface area (Å²) >= 11 is 0. The van der Waals surface area contributed by atoms with Crippen molar-refractivity contribution in [3.05, 3.63) is 0 Å². The van der Waals surface area contributed by atoms with Crippen molar-refractivity contribution in [1.29, 1.82) is 0 Å². The quantitative estimate of drug-likeness (QED) is 0.861. The summed E-state index contributed by atoms with van der Waals surface area (Å²) in [5, 5.41) is 2.86. The van der Waals surface area contributed by atoms with E-state index in [1.165, 1.54) is 7.11 Å². The van der Waals surface area contributed by atoms with Crippen molar-refractivity contribution in [2.75, 3.05) is 26.8 Å². The van der Waals surface area contributed by atoms with Gasteiger partial charge in [-0.05, 0) is 52.4 Å². The summed E-state index contributed by atoms with van der Waals surface area (Å²) in [6.07, 6.45) is 3.68. The first-order valence-corrected chi connectivity index (χ1v) is 8.02. The van der Waals surface area contributed by atoms with Crippen LogP contribution in [-0.2, 0) is 14.3 Å². The van der Waals surface area contributed by atoms with Crippen molar-refractivity contribution in [1.82, 2.24) is 10.2 Å². The molecule has 0 aromatic carbocycles. The van der Waals surface area contributed by atoms with Crippen LogP contribution in [-0.4, -0.2) is 54.8 Å². The number of methoxy groups -OCH3 is 1. The van der Waals surface area contributed by atoms with Crippen molar-refractivity contribution in [3.63, 3.8) is 0 Å². The number of fused-ring (bicyclic) bond motifs is 3. The monoisotopic (exact) mass is 312 g/mol. The number of nitrogens with zero attached hydrogens (tertiary/aromatic N) is 1. The lowest BCUT2D eigenvalue weighted by molar-refractivity contribution is -0.150. The molecule has 2 aliphatic heterocycles. The van der Waals surface area contributed by atoms with Gasteiger partial charge in [-0.3, -0.25) is 4.79 Å². The second-order valence-electron chi connectivity index (χ2n) is 7.46. The van der Waals surface area contributed by atoms with Crippen LogP contribution in [0.5, 0.6) is 0 Å².